The molecule has 1 amide bonds. The van der Waals surface area contributed by atoms with E-state index in [1.54, 1.807) is 33.8 Å². The average molecular weight is 344 g/mol. The number of carbonyl (C=O) groups is 1. The van der Waals surface area contributed by atoms with Crippen LogP contribution in [0.4, 0.5) is 11.4 Å². The summed E-state index contributed by atoms with van der Waals surface area (Å²) >= 11 is 3.16. The first kappa shape index (κ1) is 16.6. The van der Waals surface area contributed by atoms with Gasteiger partial charge in [-0.3, -0.25) is 14.9 Å². The number of nitrogens with one attached hydrogen (secondary N) is 1. The maximum absolute atomic E-state index is 12.3. The minimum atomic E-state index is -0.881. The molecule has 0 atom stereocenters. The number of nitrogens with zero attached hydrogens (tertiary/aromatic N) is 1. The van der Waals surface area contributed by atoms with Gasteiger partial charge >= 0.3 is 0 Å². The summed E-state index contributed by atoms with van der Waals surface area (Å²) in [6, 6.07) is 4.46. The summed E-state index contributed by atoms with van der Waals surface area (Å²) in [7, 11) is 0. The van der Waals surface area contributed by atoms with E-state index in [1.807, 2.05) is 0 Å². The molecule has 0 aliphatic rings. The van der Waals surface area contributed by atoms with E-state index in [9.17, 15) is 14.9 Å². The van der Waals surface area contributed by atoms with E-state index < -0.39 is 15.9 Å². The number of hydrogen-bond acceptors (Lipinski definition) is 4. The molecule has 0 aromatic heterocycles. The van der Waals surface area contributed by atoms with Crippen LogP contribution in [0.3, 0.4) is 0 Å². The summed E-state index contributed by atoms with van der Waals surface area (Å²) in [4.78, 5) is 22.8. The van der Waals surface area contributed by atoms with Crippen LogP contribution in [0.25, 0.3) is 0 Å². The number of nitro groups is 1. The zero-order valence-electron chi connectivity index (χ0n) is 11.9. The van der Waals surface area contributed by atoms with Crippen molar-refractivity contribution in [1.29, 1.82) is 0 Å². The van der Waals surface area contributed by atoms with Crippen LogP contribution in [0.2, 0.25) is 0 Å². The Morgan fingerprint density at radius 2 is 1.90 bits per heavy atom. The molecule has 3 N–H and O–H groups in total. The number of carbonyl (C=O) groups excluding carboxylic acids is 1. The molecule has 1 aromatic rings. The van der Waals surface area contributed by atoms with Gasteiger partial charge in [0, 0.05) is 16.1 Å². The van der Waals surface area contributed by atoms with E-state index in [2.05, 4.69) is 21.2 Å². The lowest BCUT2D eigenvalue weighted by Gasteiger charge is -2.36. The zero-order valence-corrected chi connectivity index (χ0v) is 13.4. The second-order valence-corrected chi connectivity index (χ2v) is 6.64. The molecule has 7 heteroatoms. The van der Waals surface area contributed by atoms with Crippen LogP contribution in [0, 0.1) is 15.5 Å². The van der Waals surface area contributed by atoms with Crippen molar-refractivity contribution in [3.63, 3.8) is 0 Å². The van der Waals surface area contributed by atoms with Crippen LogP contribution in [-0.4, -0.2) is 16.4 Å². The predicted octanol–water partition coefficient (Wildman–Crippen LogP) is 3.06. The Labute approximate surface area is 126 Å². The Hall–Kier alpha value is -1.47. The van der Waals surface area contributed by atoms with Crippen molar-refractivity contribution in [2.24, 2.45) is 11.1 Å². The summed E-state index contributed by atoms with van der Waals surface area (Å²) in [6.45, 7) is 6.88. The lowest BCUT2D eigenvalue weighted by atomic mass is 9.74. The lowest BCUT2D eigenvalue weighted by molar-refractivity contribution is -0.384. The molecular weight excluding hydrogens is 326 g/mol. The maximum atomic E-state index is 12.3. The first-order valence-corrected chi connectivity index (χ1v) is 6.80. The second kappa shape index (κ2) is 5.49. The number of nitrogens with two attached hydrogens (primary N) is 1. The standard InChI is InChI=1S/C13H18BrN3O3/c1-12(2,13(3,4)15)11(18)16-9-6-5-8(14)7-10(9)17(19)20/h5-7H,15H2,1-4H3,(H,16,18). The Bertz CT molecular complexity index is 550. The zero-order chi connectivity index (χ0) is 15.7. The monoisotopic (exact) mass is 343 g/mol. The van der Waals surface area contributed by atoms with Crippen LogP contribution in [-0.2, 0) is 4.79 Å². The second-order valence-electron chi connectivity index (χ2n) is 5.72. The topological polar surface area (TPSA) is 98.3 Å². The Kier molecular flexibility index (Phi) is 4.55. The van der Waals surface area contributed by atoms with Crippen LogP contribution in [0.15, 0.2) is 22.7 Å². The first-order valence-electron chi connectivity index (χ1n) is 6.01. The van der Waals surface area contributed by atoms with Crippen molar-refractivity contribution >= 4 is 33.2 Å². The van der Waals surface area contributed by atoms with Crippen LogP contribution < -0.4 is 11.1 Å². The molecule has 0 heterocycles. The first-order chi connectivity index (χ1) is 8.96. The van der Waals surface area contributed by atoms with Gasteiger partial charge in [-0.1, -0.05) is 15.9 Å². The molecule has 0 fully saturated rings. The van der Waals surface area contributed by atoms with Crippen molar-refractivity contribution < 1.29 is 9.72 Å². The van der Waals surface area contributed by atoms with E-state index in [4.69, 9.17) is 5.73 Å². The molecule has 110 valence electrons. The van der Waals surface area contributed by atoms with Crippen molar-refractivity contribution in [3.8, 4) is 0 Å². The molecule has 0 radical (unpaired) electrons. The number of anilines is 1. The van der Waals surface area contributed by atoms with Crippen molar-refractivity contribution in [3.05, 3.63) is 32.8 Å². The minimum Gasteiger partial charge on any atom is -0.325 e. The molecule has 6 nitrogen and oxygen atoms in total. The van der Waals surface area contributed by atoms with Crippen molar-refractivity contribution in [1.82, 2.24) is 0 Å². The molecule has 0 saturated heterocycles. The van der Waals surface area contributed by atoms with Crippen molar-refractivity contribution in [2.45, 2.75) is 33.2 Å². The third-order valence-electron chi connectivity index (χ3n) is 3.58. The quantitative estimate of drug-likeness (QED) is 0.648. The van der Waals surface area contributed by atoms with Gasteiger partial charge < -0.3 is 11.1 Å². The predicted molar refractivity (Wildman–Crippen MR) is 81.5 cm³/mol. The van der Waals surface area contributed by atoms with Gasteiger partial charge in [0.25, 0.3) is 5.69 Å². The number of nitro benzene ring substituents is 1. The molecule has 0 aliphatic carbocycles. The Morgan fingerprint density at radius 1 is 1.35 bits per heavy atom. The van der Waals surface area contributed by atoms with Crippen molar-refractivity contribution in [2.75, 3.05) is 5.32 Å². The van der Waals surface area contributed by atoms with Crippen LogP contribution in [0.5, 0.6) is 0 Å². The number of rotatable bonds is 4. The molecule has 1 aromatic carbocycles. The number of amides is 1. The number of benzene rings is 1. The molecular formula is C13H18BrN3O3. The van der Waals surface area contributed by atoms with Gasteiger partial charge in [0.05, 0.1) is 10.3 Å². The van der Waals surface area contributed by atoms with Gasteiger partial charge in [0.15, 0.2) is 0 Å². The van der Waals surface area contributed by atoms with Gasteiger partial charge in [-0.15, -0.1) is 0 Å². The SMILES string of the molecule is CC(C)(N)C(C)(C)C(=O)Nc1ccc(Br)cc1[N+](=O)[O-]. The molecule has 0 aliphatic heterocycles. The molecule has 0 spiro atoms. The van der Waals surface area contributed by atoms with Gasteiger partial charge in [-0.25, -0.2) is 0 Å². The molecule has 0 unspecified atom stereocenters. The van der Waals surface area contributed by atoms with E-state index >= 15 is 0 Å². The Balaban J connectivity index is 3.12. The van der Waals surface area contributed by atoms with Gasteiger partial charge in [0.2, 0.25) is 5.91 Å². The van der Waals surface area contributed by atoms with Crippen LogP contribution >= 0.6 is 15.9 Å². The summed E-state index contributed by atoms with van der Waals surface area (Å²) in [6.07, 6.45) is 0. The highest BCUT2D eigenvalue weighted by Gasteiger charge is 2.40. The fraction of sp³-hybridized carbons (Fsp3) is 0.462. The fourth-order valence-electron chi connectivity index (χ4n) is 1.33. The lowest BCUT2D eigenvalue weighted by Crippen LogP contribution is -2.53. The minimum absolute atomic E-state index is 0.153. The van der Waals surface area contributed by atoms with E-state index in [1.165, 1.54) is 12.1 Å². The summed E-state index contributed by atoms with van der Waals surface area (Å²) in [5, 5.41) is 13.6. The number of hydrogen-bond donors (Lipinski definition) is 2. The smallest absolute Gasteiger partial charge is 0.293 e. The third kappa shape index (κ3) is 3.34. The summed E-state index contributed by atoms with van der Waals surface area (Å²) in [5.41, 5.74) is 4.33. The normalized spacial score (nSPS) is 12.1. The number of halogens is 1. The molecule has 0 bridgehead atoms. The average Bonchev–Trinajstić information content (AvgIpc) is 2.29. The summed E-state index contributed by atoms with van der Waals surface area (Å²) in [5.74, 6) is -0.365. The largest absolute Gasteiger partial charge is 0.325 e. The molecule has 20 heavy (non-hydrogen) atoms. The molecule has 1 rings (SSSR count). The van der Waals surface area contributed by atoms with Gasteiger partial charge in [-0.2, -0.15) is 0 Å². The van der Waals surface area contributed by atoms with Gasteiger partial charge in [0.1, 0.15) is 5.69 Å². The summed E-state index contributed by atoms with van der Waals surface area (Å²) < 4.78 is 0.570. The van der Waals surface area contributed by atoms with E-state index in [0.717, 1.165) is 0 Å². The van der Waals surface area contributed by atoms with Crippen LogP contribution in [0.1, 0.15) is 27.7 Å². The molecule has 0 saturated carbocycles. The highest BCUT2D eigenvalue weighted by Crippen LogP contribution is 2.33. The maximum Gasteiger partial charge on any atom is 0.293 e. The third-order valence-corrected chi connectivity index (χ3v) is 4.08. The van der Waals surface area contributed by atoms with E-state index in [-0.39, 0.29) is 17.3 Å². The van der Waals surface area contributed by atoms with Gasteiger partial charge in [-0.05, 0) is 39.8 Å². The Morgan fingerprint density at radius 3 is 2.35 bits per heavy atom. The van der Waals surface area contributed by atoms with E-state index in [0.29, 0.717) is 4.47 Å². The highest BCUT2D eigenvalue weighted by atomic mass is 79.9. The fourth-order valence-corrected chi connectivity index (χ4v) is 1.68. The highest BCUT2D eigenvalue weighted by molar-refractivity contribution is 9.10.